The summed E-state index contributed by atoms with van der Waals surface area (Å²) in [4.78, 5) is 12.1. The maximum absolute atomic E-state index is 12.3. The molecule has 0 aliphatic rings. The van der Waals surface area contributed by atoms with Crippen LogP contribution in [0.5, 0.6) is 0 Å². The summed E-state index contributed by atoms with van der Waals surface area (Å²) < 4.78 is 26.9. The van der Waals surface area contributed by atoms with Crippen molar-refractivity contribution in [2.75, 3.05) is 11.9 Å². The molecule has 0 aliphatic heterocycles. The minimum atomic E-state index is -3.75. The molecule has 0 unspecified atom stereocenters. The van der Waals surface area contributed by atoms with E-state index < -0.39 is 15.9 Å². The summed E-state index contributed by atoms with van der Waals surface area (Å²) in [5.74, 6) is -0.494. The maximum Gasteiger partial charge on any atom is 0.241 e. The number of sulfonamides is 1. The van der Waals surface area contributed by atoms with E-state index >= 15 is 0 Å². The van der Waals surface area contributed by atoms with E-state index in [1.165, 1.54) is 0 Å². The minimum Gasteiger partial charge on any atom is -0.324 e. The molecule has 2 aromatic rings. The van der Waals surface area contributed by atoms with Crippen LogP contribution in [0.3, 0.4) is 0 Å². The molecule has 1 amide bonds. The highest BCUT2D eigenvalue weighted by atomic mass is 35.5. The molecule has 0 aromatic heterocycles. The third-order valence-corrected chi connectivity index (χ3v) is 5.08. The quantitative estimate of drug-likeness (QED) is 0.868. The molecule has 0 spiro atoms. The molecule has 0 atom stereocenters. The Hall–Kier alpha value is -1.89. The van der Waals surface area contributed by atoms with Crippen molar-refractivity contribution in [1.82, 2.24) is 4.72 Å². The van der Waals surface area contributed by atoms with E-state index in [0.29, 0.717) is 16.3 Å². The zero-order valence-corrected chi connectivity index (χ0v) is 14.3. The van der Waals surface area contributed by atoms with E-state index in [0.717, 1.165) is 5.56 Å². The van der Waals surface area contributed by atoms with Crippen LogP contribution in [0, 0.1) is 13.8 Å². The number of hydrogen-bond donors (Lipinski definition) is 2. The lowest BCUT2D eigenvalue weighted by atomic mass is 10.2. The van der Waals surface area contributed by atoms with Crippen molar-refractivity contribution in [3.05, 3.63) is 58.6 Å². The Bertz CT molecular complexity index is 835. The minimum absolute atomic E-state index is 0.169. The molecule has 7 heteroatoms. The molecule has 0 aliphatic carbocycles. The average Bonchev–Trinajstić information content (AvgIpc) is 2.50. The average molecular weight is 353 g/mol. The summed E-state index contributed by atoms with van der Waals surface area (Å²) in [5.41, 5.74) is 1.89. The number of halogens is 1. The largest absolute Gasteiger partial charge is 0.324 e. The SMILES string of the molecule is Cc1ccc(C)c(S(=O)(=O)NCC(=O)Nc2ccccc2Cl)c1. The van der Waals surface area contributed by atoms with Gasteiger partial charge in [-0.25, -0.2) is 13.1 Å². The molecule has 0 fully saturated rings. The van der Waals surface area contributed by atoms with Gasteiger partial charge in [-0.05, 0) is 43.2 Å². The maximum atomic E-state index is 12.3. The van der Waals surface area contributed by atoms with Crippen LogP contribution in [0.25, 0.3) is 0 Å². The first-order valence-electron chi connectivity index (χ1n) is 6.91. The summed E-state index contributed by atoms with van der Waals surface area (Å²) in [7, 11) is -3.75. The van der Waals surface area contributed by atoms with Crippen LogP contribution in [0.4, 0.5) is 5.69 Å². The Morgan fingerprint density at radius 1 is 1.13 bits per heavy atom. The summed E-state index contributed by atoms with van der Waals surface area (Å²) in [6.45, 7) is 3.14. The van der Waals surface area contributed by atoms with Gasteiger partial charge in [-0.15, -0.1) is 0 Å². The predicted molar refractivity (Wildman–Crippen MR) is 91.2 cm³/mol. The number of carbonyl (C=O) groups excluding carboxylic acids is 1. The molecule has 0 saturated heterocycles. The second kappa shape index (κ2) is 7.12. The fraction of sp³-hybridized carbons (Fsp3) is 0.188. The lowest BCUT2D eigenvalue weighted by Gasteiger charge is -2.11. The predicted octanol–water partition coefficient (Wildman–Crippen LogP) is 2.87. The Morgan fingerprint density at radius 2 is 1.83 bits per heavy atom. The van der Waals surface area contributed by atoms with Crippen molar-refractivity contribution in [2.24, 2.45) is 0 Å². The topological polar surface area (TPSA) is 75.3 Å². The smallest absolute Gasteiger partial charge is 0.241 e. The molecular weight excluding hydrogens is 336 g/mol. The first-order chi connectivity index (χ1) is 10.8. The van der Waals surface area contributed by atoms with Gasteiger partial charge in [0, 0.05) is 0 Å². The number of rotatable bonds is 5. The second-order valence-corrected chi connectivity index (χ2v) is 7.26. The normalized spacial score (nSPS) is 11.3. The molecule has 23 heavy (non-hydrogen) atoms. The van der Waals surface area contributed by atoms with E-state index in [1.807, 2.05) is 13.0 Å². The number of hydrogen-bond acceptors (Lipinski definition) is 3. The Morgan fingerprint density at radius 3 is 2.52 bits per heavy atom. The summed E-state index contributed by atoms with van der Waals surface area (Å²) in [5, 5.41) is 2.95. The second-order valence-electron chi connectivity index (χ2n) is 5.12. The van der Waals surface area contributed by atoms with Gasteiger partial charge in [0.15, 0.2) is 0 Å². The number of amides is 1. The van der Waals surface area contributed by atoms with Crippen LogP contribution >= 0.6 is 11.6 Å². The Balaban J connectivity index is 2.06. The number of nitrogens with one attached hydrogen (secondary N) is 2. The standard InChI is InChI=1S/C16H17ClN2O3S/c1-11-7-8-12(2)15(9-11)23(21,22)18-10-16(20)19-14-6-4-3-5-13(14)17/h3-9,18H,10H2,1-2H3,(H,19,20). The number of para-hydroxylation sites is 1. The van der Waals surface area contributed by atoms with Crippen molar-refractivity contribution >= 4 is 33.2 Å². The van der Waals surface area contributed by atoms with Gasteiger partial charge < -0.3 is 5.32 Å². The van der Waals surface area contributed by atoms with Crippen LogP contribution in [0.2, 0.25) is 5.02 Å². The van der Waals surface area contributed by atoms with Gasteiger partial charge in [0.25, 0.3) is 0 Å². The zero-order valence-electron chi connectivity index (χ0n) is 12.8. The summed E-state index contributed by atoms with van der Waals surface area (Å²) >= 11 is 5.94. The molecule has 5 nitrogen and oxygen atoms in total. The highest BCUT2D eigenvalue weighted by Crippen LogP contribution is 2.20. The Kier molecular flexibility index (Phi) is 5.41. The van der Waals surface area contributed by atoms with Crippen molar-refractivity contribution in [3.8, 4) is 0 Å². The highest BCUT2D eigenvalue weighted by molar-refractivity contribution is 7.89. The number of aryl methyl sites for hydroxylation is 2. The van der Waals surface area contributed by atoms with Crippen LogP contribution in [-0.2, 0) is 14.8 Å². The molecule has 0 heterocycles. The number of benzene rings is 2. The van der Waals surface area contributed by atoms with E-state index in [2.05, 4.69) is 10.0 Å². The first kappa shape index (κ1) is 17.5. The number of anilines is 1. The van der Waals surface area contributed by atoms with Crippen LogP contribution in [-0.4, -0.2) is 20.9 Å². The molecule has 122 valence electrons. The zero-order chi connectivity index (χ0) is 17.0. The van der Waals surface area contributed by atoms with Gasteiger partial charge in [-0.2, -0.15) is 0 Å². The van der Waals surface area contributed by atoms with Gasteiger partial charge in [0.2, 0.25) is 15.9 Å². The lowest BCUT2D eigenvalue weighted by Crippen LogP contribution is -2.33. The van der Waals surface area contributed by atoms with E-state index in [1.54, 1.807) is 43.3 Å². The van der Waals surface area contributed by atoms with Gasteiger partial charge in [-0.1, -0.05) is 35.9 Å². The number of carbonyl (C=O) groups is 1. The molecule has 2 N–H and O–H groups in total. The van der Waals surface area contributed by atoms with Crippen LogP contribution < -0.4 is 10.0 Å². The molecule has 0 bridgehead atoms. The van der Waals surface area contributed by atoms with Gasteiger partial charge in [0.05, 0.1) is 22.2 Å². The molecular formula is C16H17ClN2O3S. The fourth-order valence-electron chi connectivity index (χ4n) is 1.99. The van der Waals surface area contributed by atoms with Gasteiger partial charge >= 0.3 is 0 Å². The monoisotopic (exact) mass is 352 g/mol. The fourth-order valence-corrected chi connectivity index (χ4v) is 3.48. The van der Waals surface area contributed by atoms with Crippen molar-refractivity contribution in [2.45, 2.75) is 18.7 Å². The molecule has 0 radical (unpaired) electrons. The van der Waals surface area contributed by atoms with Crippen molar-refractivity contribution < 1.29 is 13.2 Å². The highest BCUT2D eigenvalue weighted by Gasteiger charge is 2.18. The van der Waals surface area contributed by atoms with Crippen molar-refractivity contribution in [3.63, 3.8) is 0 Å². The Labute approximate surface area is 140 Å². The van der Waals surface area contributed by atoms with E-state index in [4.69, 9.17) is 11.6 Å². The summed E-state index contributed by atoms with van der Waals surface area (Å²) in [6.07, 6.45) is 0. The van der Waals surface area contributed by atoms with Gasteiger partial charge in [-0.3, -0.25) is 4.79 Å². The third kappa shape index (κ3) is 4.54. The lowest BCUT2D eigenvalue weighted by molar-refractivity contribution is -0.115. The molecule has 2 rings (SSSR count). The molecule has 0 saturated carbocycles. The first-order valence-corrected chi connectivity index (χ1v) is 8.77. The van der Waals surface area contributed by atoms with E-state index in [9.17, 15) is 13.2 Å². The van der Waals surface area contributed by atoms with Crippen LogP contribution in [0.1, 0.15) is 11.1 Å². The summed E-state index contributed by atoms with van der Waals surface area (Å²) in [6, 6.07) is 11.9. The molecule has 2 aromatic carbocycles. The van der Waals surface area contributed by atoms with E-state index in [-0.39, 0.29) is 11.4 Å². The third-order valence-electron chi connectivity index (χ3n) is 3.20. The van der Waals surface area contributed by atoms with Crippen molar-refractivity contribution in [1.29, 1.82) is 0 Å². The van der Waals surface area contributed by atoms with Gasteiger partial charge in [0.1, 0.15) is 0 Å². The van der Waals surface area contributed by atoms with Crippen LogP contribution in [0.15, 0.2) is 47.4 Å².